The van der Waals surface area contributed by atoms with Crippen LogP contribution in [0.2, 0.25) is 19.1 Å². The second kappa shape index (κ2) is 6.25. The summed E-state index contributed by atoms with van der Waals surface area (Å²) in [4.78, 5) is 0. The third kappa shape index (κ3) is 4.77. The molecular formula is C13H17F2IOSi. The Hall–Kier alpha value is -0.273. The number of allylic oxidation sites excluding steroid dienone is 1. The van der Waals surface area contributed by atoms with E-state index in [1.165, 1.54) is 0 Å². The van der Waals surface area contributed by atoms with Crippen molar-refractivity contribution in [3.05, 3.63) is 48.6 Å². The number of benzene rings is 1. The molecule has 0 fully saturated rings. The van der Waals surface area contributed by atoms with Crippen LogP contribution in [0.15, 0.2) is 43.0 Å². The van der Waals surface area contributed by atoms with Crippen LogP contribution in [0.1, 0.15) is 11.7 Å². The minimum atomic E-state index is -2.93. The summed E-state index contributed by atoms with van der Waals surface area (Å²) >= 11 is 1.15. The highest BCUT2D eigenvalue weighted by molar-refractivity contribution is 14.1. The quantitative estimate of drug-likeness (QED) is 0.286. The van der Waals surface area contributed by atoms with Crippen molar-refractivity contribution in [1.82, 2.24) is 0 Å². The summed E-state index contributed by atoms with van der Waals surface area (Å²) in [6, 6.07) is 9.30. The van der Waals surface area contributed by atoms with Crippen molar-refractivity contribution in [3.8, 4) is 0 Å². The molecule has 0 amide bonds. The van der Waals surface area contributed by atoms with Gasteiger partial charge in [-0.3, -0.25) is 0 Å². The highest BCUT2D eigenvalue weighted by Crippen LogP contribution is 2.42. The lowest BCUT2D eigenvalue weighted by Gasteiger charge is -2.31. The number of alkyl halides is 3. The largest absolute Gasteiger partial charge is 0.404 e. The fourth-order valence-corrected chi connectivity index (χ4v) is 4.11. The molecule has 0 aromatic heterocycles. The Labute approximate surface area is 122 Å². The van der Waals surface area contributed by atoms with E-state index in [2.05, 4.69) is 6.58 Å². The van der Waals surface area contributed by atoms with Crippen LogP contribution in [0.25, 0.3) is 0 Å². The van der Waals surface area contributed by atoms with Crippen LogP contribution in [-0.2, 0) is 4.43 Å². The third-order valence-corrected chi connectivity index (χ3v) is 5.18. The average molecular weight is 382 g/mol. The lowest BCUT2D eigenvalue weighted by atomic mass is 10.1. The van der Waals surface area contributed by atoms with Gasteiger partial charge in [0, 0.05) is 22.6 Å². The molecular weight excluding hydrogens is 365 g/mol. The van der Waals surface area contributed by atoms with E-state index < -0.39 is 18.4 Å². The summed E-state index contributed by atoms with van der Waals surface area (Å²) in [7, 11) is -2.16. The van der Waals surface area contributed by atoms with Crippen molar-refractivity contribution in [2.24, 2.45) is 0 Å². The maximum atomic E-state index is 13.7. The fraction of sp³-hybridized carbons (Fsp3) is 0.385. The standard InChI is InChI=1S/C13H17F2IOSi/c1-4-10-18(2,3)17-12(13(14,15)16)11-8-6-5-7-9-11/h4-9,12H,1,10H2,2-3H3. The minimum Gasteiger partial charge on any atom is -0.404 e. The first-order valence-electron chi connectivity index (χ1n) is 5.66. The Balaban J connectivity index is 2.98. The van der Waals surface area contributed by atoms with Crippen LogP contribution in [-0.4, -0.2) is 12.2 Å². The van der Waals surface area contributed by atoms with Gasteiger partial charge in [-0.1, -0.05) is 36.4 Å². The second-order valence-electron chi connectivity index (χ2n) is 4.70. The molecule has 0 saturated carbocycles. The summed E-state index contributed by atoms with van der Waals surface area (Å²) in [5.74, 6) is 0. The average Bonchev–Trinajstić information content (AvgIpc) is 2.26. The van der Waals surface area contributed by atoms with Crippen molar-refractivity contribution >= 4 is 30.9 Å². The summed E-state index contributed by atoms with van der Waals surface area (Å²) < 4.78 is 30.2. The molecule has 0 N–H and O–H groups in total. The van der Waals surface area contributed by atoms with Crippen LogP contribution in [0.4, 0.5) is 8.78 Å². The van der Waals surface area contributed by atoms with Crippen LogP contribution in [0.5, 0.6) is 0 Å². The first-order valence-corrected chi connectivity index (χ1v) is 9.86. The number of rotatable bonds is 6. The smallest absolute Gasteiger partial charge is 0.324 e. The zero-order valence-corrected chi connectivity index (χ0v) is 13.7. The Bertz CT molecular complexity index is 390. The van der Waals surface area contributed by atoms with Crippen molar-refractivity contribution in [2.45, 2.75) is 29.2 Å². The van der Waals surface area contributed by atoms with Crippen LogP contribution >= 0.6 is 22.6 Å². The van der Waals surface area contributed by atoms with Crippen molar-refractivity contribution in [2.75, 3.05) is 0 Å². The zero-order valence-electron chi connectivity index (χ0n) is 10.5. The van der Waals surface area contributed by atoms with E-state index in [0.717, 1.165) is 22.6 Å². The predicted octanol–water partition coefficient (Wildman–Crippen LogP) is 5.16. The van der Waals surface area contributed by atoms with Crippen LogP contribution in [0.3, 0.4) is 0 Å². The summed E-state index contributed by atoms with van der Waals surface area (Å²) in [5.41, 5.74) is 0.515. The Morgan fingerprint density at radius 3 is 2.39 bits per heavy atom. The molecule has 1 nitrogen and oxygen atoms in total. The van der Waals surface area contributed by atoms with E-state index in [1.807, 2.05) is 13.1 Å². The molecule has 0 aliphatic carbocycles. The third-order valence-electron chi connectivity index (χ3n) is 2.47. The van der Waals surface area contributed by atoms with Gasteiger partial charge in [-0.05, 0) is 24.7 Å². The molecule has 0 spiro atoms. The van der Waals surface area contributed by atoms with Gasteiger partial charge in [0.25, 0.3) is 0 Å². The highest BCUT2D eigenvalue weighted by Gasteiger charge is 2.41. The van der Waals surface area contributed by atoms with E-state index in [0.29, 0.717) is 11.6 Å². The first-order chi connectivity index (χ1) is 8.26. The lowest BCUT2D eigenvalue weighted by molar-refractivity contribution is -0.0100. The minimum absolute atomic E-state index is 0.515. The molecule has 1 aromatic rings. The highest BCUT2D eigenvalue weighted by atomic mass is 127. The van der Waals surface area contributed by atoms with Crippen molar-refractivity contribution in [1.29, 1.82) is 0 Å². The van der Waals surface area contributed by atoms with Crippen LogP contribution in [0, 0.1) is 0 Å². The number of halogens is 3. The SMILES string of the molecule is C=CC[Si](C)(C)OC(c1ccccc1)C(F)(F)I. The zero-order chi connectivity index (χ0) is 13.8. The maximum absolute atomic E-state index is 13.7. The molecule has 5 heteroatoms. The van der Waals surface area contributed by atoms with Crippen molar-refractivity contribution < 1.29 is 13.2 Å². The Morgan fingerprint density at radius 1 is 1.39 bits per heavy atom. The monoisotopic (exact) mass is 382 g/mol. The van der Waals surface area contributed by atoms with E-state index in [9.17, 15) is 8.78 Å². The van der Waals surface area contributed by atoms with Gasteiger partial charge in [-0.15, -0.1) is 6.58 Å². The van der Waals surface area contributed by atoms with Gasteiger partial charge in [0.1, 0.15) is 6.10 Å². The van der Waals surface area contributed by atoms with Gasteiger partial charge in [0.2, 0.25) is 0 Å². The number of hydrogen-bond donors (Lipinski definition) is 0. The van der Waals surface area contributed by atoms with Crippen molar-refractivity contribution in [3.63, 3.8) is 0 Å². The Morgan fingerprint density at radius 2 is 1.94 bits per heavy atom. The van der Waals surface area contributed by atoms with Gasteiger partial charge in [-0.2, -0.15) is 8.78 Å². The molecule has 0 aliphatic heterocycles. The number of hydrogen-bond acceptors (Lipinski definition) is 1. The van der Waals surface area contributed by atoms with Gasteiger partial charge in [0.05, 0.1) is 0 Å². The molecule has 0 radical (unpaired) electrons. The maximum Gasteiger partial charge on any atom is 0.324 e. The summed E-state index contributed by atoms with van der Waals surface area (Å²) in [6.45, 7) is 7.50. The normalized spacial score (nSPS) is 14.3. The lowest BCUT2D eigenvalue weighted by Crippen LogP contribution is -2.36. The van der Waals surface area contributed by atoms with E-state index in [4.69, 9.17) is 4.43 Å². The van der Waals surface area contributed by atoms with E-state index in [-0.39, 0.29) is 0 Å². The molecule has 0 aliphatic rings. The molecule has 1 aromatic carbocycles. The molecule has 18 heavy (non-hydrogen) atoms. The second-order valence-corrected chi connectivity index (χ2v) is 10.3. The first kappa shape index (κ1) is 15.8. The molecule has 0 heterocycles. The summed E-state index contributed by atoms with van der Waals surface area (Å²) in [5, 5.41) is 0. The molecule has 0 bridgehead atoms. The van der Waals surface area contributed by atoms with Gasteiger partial charge >= 0.3 is 3.93 Å². The molecule has 1 unspecified atom stereocenters. The predicted molar refractivity (Wildman–Crippen MR) is 81.7 cm³/mol. The Kier molecular flexibility index (Phi) is 5.48. The van der Waals surface area contributed by atoms with E-state index >= 15 is 0 Å². The fourth-order valence-electron chi connectivity index (χ4n) is 1.67. The van der Waals surface area contributed by atoms with Gasteiger partial charge in [0.15, 0.2) is 8.32 Å². The summed E-state index contributed by atoms with van der Waals surface area (Å²) in [6.07, 6.45) is 0.542. The molecule has 1 rings (SSSR count). The van der Waals surface area contributed by atoms with Gasteiger partial charge in [-0.25, -0.2) is 0 Å². The molecule has 1 atom stereocenters. The van der Waals surface area contributed by atoms with Crippen LogP contribution < -0.4 is 0 Å². The van der Waals surface area contributed by atoms with Gasteiger partial charge < -0.3 is 4.43 Å². The molecule has 100 valence electrons. The topological polar surface area (TPSA) is 9.23 Å². The van der Waals surface area contributed by atoms with E-state index in [1.54, 1.807) is 36.4 Å². The molecule has 0 saturated heterocycles.